The fraction of sp³-hybridized carbons (Fsp3) is 0.238. The standard InChI is InChI=1S/C21H21N3O/c25-21(24-20-8-4-7-16-12-22-10-9-19(16)20)18-11-17(13-23-14-18)15-5-2-1-3-6-15/h1-10,12,17-18,23H,11,13-14H2,(H,24,25)/t17-,18-/m0/s1. The Labute approximate surface area is 147 Å². The molecule has 1 amide bonds. The molecule has 0 radical (unpaired) electrons. The number of hydrogen-bond donors (Lipinski definition) is 2. The lowest BCUT2D eigenvalue weighted by Gasteiger charge is -2.29. The molecule has 1 aliphatic rings. The van der Waals surface area contributed by atoms with E-state index in [9.17, 15) is 4.79 Å². The number of rotatable bonds is 3. The van der Waals surface area contributed by atoms with Gasteiger partial charge >= 0.3 is 0 Å². The fourth-order valence-corrected chi connectivity index (χ4v) is 3.59. The number of nitrogens with zero attached hydrogens (tertiary/aromatic N) is 1. The molecule has 1 saturated heterocycles. The van der Waals surface area contributed by atoms with Crippen molar-refractivity contribution >= 4 is 22.4 Å². The van der Waals surface area contributed by atoms with Crippen LogP contribution in [0.2, 0.25) is 0 Å². The number of piperidine rings is 1. The summed E-state index contributed by atoms with van der Waals surface area (Å²) in [5.74, 6) is 0.427. The smallest absolute Gasteiger partial charge is 0.228 e. The predicted octanol–water partition coefficient (Wildman–Crippen LogP) is 3.57. The second kappa shape index (κ2) is 7.03. The molecule has 2 aromatic carbocycles. The summed E-state index contributed by atoms with van der Waals surface area (Å²) in [7, 11) is 0. The Morgan fingerprint density at radius 1 is 1.04 bits per heavy atom. The van der Waals surface area contributed by atoms with Crippen molar-refractivity contribution < 1.29 is 4.79 Å². The minimum atomic E-state index is -0.0314. The molecule has 126 valence electrons. The minimum Gasteiger partial charge on any atom is -0.325 e. The molecule has 0 unspecified atom stereocenters. The second-order valence-corrected chi connectivity index (χ2v) is 6.59. The number of nitrogens with one attached hydrogen (secondary N) is 2. The van der Waals surface area contributed by atoms with Gasteiger partial charge in [0.05, 0.1) is 5.92 Å². The quantitative estimate of drug-likeness (QED) is 0.771. The van der Waals surface area contributed by atoms with Gasteiger partial charge in [0.2, 0.25) is 5.91 Å². The third kappa shape index (κ3) is 3.39. The molecule has 2 heterocycles. The first-order chi connectivity index (χ1) is 12.3. The fourth-order valence-electron chi connectivity index (χ4n) is 3.59. The summed E-state index contributed by atoms with van der Waals surface area (Å²) >= 11 is 0. The highest BCUT2D eigenvalue weighted by atomic mass is 16.1. The van der Waals surface area contributed by atoms with Crippen molar-refractivity contribution in [3.05, 3.63) is 72.6 Å². The van der Waals surface area contributed by atoms with Crippen molar-refractivity contribution in [3.63, 3.8) is 0 Å². The molecule has 4 rings (SSSR count). The van der Waals surface area contributed by atoms with Crippen LogP contribution in [0.1, 0.15) is 17.9 Å². The number of pyridine rings is 1. The van der Waals surface area contributed by atoms with E-state index in [1.807, 2.05) is 36.5 Å². The predicted molar refractivity (Wildman–Crippen MR) is 101 cm³/mol. The second-order valence-electron chi connectivity index (χ2n) is 6.59. The van der Waals surface area contributed by atoms with Crippen LogP contribution in [-0.2, 0) is 4.79 Å². The average molecular weight is 331 g/mol. The lowest BCUT2D eigenvalue weighted by Crippen LogP contribution is -2.40. The largest absolute Gasteiger partial charge is 0.325 e. The molecular weight excluding hydrogens is 310 g/mol. The van der Waals surface area contributed by atoms with Crippen LogP contribution in [-0.4, -0.2) is 24.0 Å². The number of carbonyl (C=O) groups excluding carboxylic acids is 1. The van der Waals surface area contributed by atoms with E-state index in [2.05, 4.69) is 39.9 Å². The molecule has 1 fully saturated rings. The Morgan fingerprint density at radius 2 is 1.92 bits per heavy atom. The lowest BCUT2D eigenvalue weighted by molar-refractivity contribution is -0.120. The maximum atomic E-state index is 12.8. The van der Waals surface area contributed by atoms with E-state index in [-0.39, 0.29) is 11.8 Å². The van der Waals surface area contributed by atoms with Crippen LogP contribution in [0.15, 0.2) is 67.0 Å². The highest BCUT2D eigenvalue weighted by molar-refractivity contribution is 6.02. The summed E-state index contributed by atoms with van der Waals surface area (Å²) in [4.78, 5) is 17.0. The Morgan fingerprint density at radius 3 is 2.80 bits per heavy atom. The van der Waals surface area contributed by atoms with Gasteiger partial charge in [-0.05, 0) is 30.0 Å². The highest BCUT2D eigenvalue weighted by Crippen LogP contribution is 2.28. The molecule has 4 heteroatoms. The van der Waals surface area contributed by atoms with Crippen molar-refractivity contribution in [1.82, 2.24) is 10.3 Å². The van der Waals surface area contributed by atoms with E-state index in [1.54, 1.807) is 6.20 Å². The SMILES string of the molecule is O=C(Nc1cccc2cnccc12)[C@@H]1CNC[C@@H](c2ccccc2)C1. The van der Waals surface area contributed by atoms with Crippen molar-refractivity contribution in [2.24, 2.45) is 5.92 Å². The molecular formula is C21H21N3O. The molecule has 0 aliphatic carbocycles. The summed E-state index contributed by atoms with van der Waals surface area (Å²) in [6, 6.07) is 18.3. The van der Waals surface area contributed by atoms with Gasteiger partial charge in [0.1, 0.15) is 0 Å². The third-order valence-electron chi connectivity index (χ3n) is 4.93. The van der Waals surface area contributed by atoms with Crippen LogP contribution in [0.25, 0.3) is 10.8 Å². The first kappa shape index (κ1) is 15.8. The van der Waals surface area contributed by atoms with Gasteiger partial charge in [-0.1, -0.05) is 42.5 Å². The van der Waals surface area contributed by atoms with E-state index >= 15 is 0 Å². The van der Waals surface area contributed by atoms with E-state index in [0.717, 1.165) is 36.0 Å². The number of carbonyl (C=O) groups is 1. The number of aromatic nitrogens is 1. The average Bonchev–Trinajstić information content (AvgIpc) is 2.69. The van der Waals surface area contributed by atoms with Crippen molar-refractivity contribution in [1.29, 1.82) is 0 Å². The van der Waals surface area contributed by atoms with Crippen LogP contribution in [0.4, 0.5) is 5.69 Å². The Hall–Kier alpha value is -2.72. The van der Waals surface area contributed by atoms with Crippen LogP contribution in [0, 0.1) is 5.92 Å². The summed E-state index contributed by atoms with van der Waals surface area (Å²) in [6.45, 7) is 1.65. The molecule has 2 atom stereocenters. The number of benzene rings is 2. The molecule has 1 aromatic heterocycles. The van der Waals surface area contributed by atoms with Gasteiger partial charge < -0.3 is 10.6 Å². The van der Waals surface area contributed by atoms with Crippen LogP contribution in [0.5, 0.6) is 0 Å². The zero-order valence-electron chi connectivity index (χ0n) is 14.0. The molecule has 25 heavy (non-hydrogen) atoms. The molecule has 3 aromatic rings. The van der Waals surface area contributed by atoms with Crippen molar-refractivity contribution in [3.8, 4) is 0 Å². The summed E-state index contributed by atoms with van der Waals surface area (Å²) < 4.78 is 0. The third-order valence-corrected chi connectivity index (χ3v) is 4.93. The van der Waals surface area contributed by atoms with E-state index in [4.69, 9.17) is 0 Å². The summed E-state index contributed by atoms with van der Waals surface area (Å²) in [5, 5.41) is 8.59. The Kier molecular flexibility index (Phi) is 4.44. The maximum absolute atomic E-state index is 12.8. The van der Waals surface area contributed by atoms with E-state index in [0.29, 0.717) is 5.92 Å². The zero-order valence-corrected chi connectivity index (χ0v) is 14.0. The van der Waals surface area contributed by atoms with E-state index < -0.39 is 0 Å². The van der Waals surface area contributed by atoms with Gasteiger partial charge in [-0.2, -0.15) is 0 Å². The first-order valence-electron chi connectivity index (χ1n) is 8.70. The molecule has 0 saturated carbocycles. The maximum Gasteiger partial charge on any atom is 0.228 e. The molecule has 4 nitrogen and oxygen atoms in total. The monoisotopic (exact) mass is 331 g/mol. The molecule has 2 N–H and O–H groups in total. The minimum absolute atomic E-state index is 0.0314. The van der Waals surface area contributed by atoms with Gasteiger partial charge in [0.15, 0.2) is 0 Å². The van der Waals surface area contributed by atoms with Crippen molar-refractivity contribution in [2.75, 3.05) is 18.4 Å². The number of anilines is 1. The molecule has 0 spiro atoms. The topological polar surface area (TPSA) is 54.0 Å². The number of amides is 1. The van der Waals surface area contributed by atoms with Gasteiger partial charge in [-0.3, -0.25) is 9.78 Å². The van der Waals surface area contributed by atoms with Gasteiger partial charge in [-0.15, -0.1) is 0 Å². The van der Waals surface area contributed by atoms with Gasteiger partial charge in [0, 0.05) is 41.9 Å². The Balaban J connectivity index is 1.51. The van der Waals surface area contributed by atoms with Gasteiger partial charge in [-0.25, -0.2) is 0 Å². The van der Waals surface area contributed by atoms with Crippen LogP contribution in [0.3, 0.4) is 0 Å². The van der Waals surface area contributed by atoms with Gasteiger partial charge in [0.25, 0.3) is 0 Å². The number of fused-ring (bicyclic) bond motifs is 1. The number of hydrogen-bond acceptors (Lipinski definition) is 3. The zero-order chi connectivity index (χ0) is 17.1. The molecule has 1 aliphatic heterocycles. The van der Waals surface area contributed by atoms with Crippen LogP contribution < -0.4 is 10.6 Å². The van der Waals surface area contributed by atoms with Crippen molar-refractivity contribution in [2.45, 2.75) is 12.3 Å². The lowest BCUT2D eigenvalue weighted by atomic mass is 9.85. The highest BCUT2D eigenvalue weighted by Gasteiger charge is 2.28. The molecule has 0 bridgehead atoms. The van der Waals surface area contributed by atoms with Crippen LogP contribution >= 0.6 is 0 Å². The Bertz CT molecular complexity index is 873. The van der Waals surface area contributed by atoms with E-state index in [1.165, 1.54) is 5.56 Å². The normalized spacial score (nSPS) is 20.3. The summed E-state index contributed by atoms with van der Waals surface area (Å²) in [5.41, 5.74) is 2.15. The summed E-state index contributed by atoms with van der Waals surface area (Å²) in [6.07, 6.45) is 4.44. The first-order valence-corrected chi connectivity index (χ1v) is 8.70.